The van der Waals surface area contributed by atoms with E-state index in [9.17, 15) is 5.11 Å². The van der Waals surface area contributed by atoms with E-state index in [0.29, 0.717) is 17.4 Å². The number of nitrogen functional groups attached to an aromatic ring is 1. The number of benzene rings is 1. The SMILES string of the molecule is C[C@]1(O)CC[C@@H](n2cc(-c3cnc(N)c4oc(-c5cccc6cnccc56)cc34)cn2)CC1. The number of rotatable bonds is 3. The predicted octanol–water partition coefficient (Wildman–Crippen LogP) is 5.35. The van der Waals surface area contributed by atoms with E-state index in [0.717, 1.165) is 64.3 Å². The molecule has 6 rings (SSSR count). The maximum Gasteiger partial charge on any atom is 0.177 e. The van der Waals surface area contributed by atoms with Crippen LogP contribution in [-0.2, 0) is 0 Å². The number of nitrogens with zero attached hydrogens (tertiary/aromatic N) is 4. The lowest BCUT2D eigenvalue weighted by Crippen LogP contribution is -2.31. The number of hydrogen-bond acceptors (Lipinski definition) is 6. The van der Waals surface area contributed by atoms with Gasteiger partial charge in [0.05, 0.1) is 17.8 Å². The van der Waals surface area contributed by atoms with Crippen molar-refractivity contribution in [3.63, 3.8) is 0 Å². The van der Waals surface area contributed by atoms with Gasteiger partial charge in [-0.15, -0.1) is 0 Å². The molecular formula is C26H25N5O2. The fraction of sp³-hybridized carbons (Fsp3) is 0.269. The second kappa shape index (κ2) is 7.42. The number of hydrogen-bond donors (Lipinski definition) is 2. The van der Waals surface area contributed by atoms with Crippen LogP contribution in [0.4, 0.5) is 5.82 Å². The lowest BCUT2D eigenvalue weighted by atomic mass is 9.84. The average Bonchev–Trinajstić information content (AvgIpc) is 3.48. The molecule has 1 aliphatic carbocycles. The highest BCUT2D eigenvalue weighted by atomic mass is 16.3. The monoisotopic (exact) mass is 439 g/mol. The normalized spacial score (nSPS) is 21.1. The van der Waals surface area contributed by atoms with Crippen LogP contribution in [0.2, 0.25) is 0 Å². The number of nitrogens with two attached hydrogens (primary N) is 1. The Morgan fingerprint density at radius 1 is 1.09 bits per heavy atom. The summed E-state index contributed by atoms with van der Waals surface area (Å²) in [5.74, 6) is 1.11. The second-order valence-electron chi connectivity index (χ2n) is 9.25. The zero-order valence-electron chi connectivity index (χ0n) is 18.4. The first kappa shape index (κ1) is 19.9. The Balaban J connectivity index is 1.42. The molecule has 1 aromatic carbocycles. The van der Waals surface area contributed by atoms with Gasteiger partial charge in [0.25, 0.3) is 0 Å². The molecule has 5 aromatic rings. The van der Waals surface area contributed by atoms with Crippen molar-refractivity contribution in [1.82, 2.24) is 19.7 Å². The van der Waals surface area contributed by atoms with Crippen molar-refractivity contribution in [2.24, 2.45) is 0 Å². The van der Waals surface area contributed by atoms with Crippen LogP contribution >= 0.6 is 0 Å². The second-order valence-corrected chi connectivity index (χ2v) is 9.25. The first-order valence-corrected chi connectivity index (χ1v) is 11.3. The molecule has 166 valence electrons. The molecule has 0 unspecified atom stereocenters. The van der Waals surface area contributed by atoms with E-state index in [4.69, 9.17) is 10.2 Å². The van der Waals surface area contributed by atoms with Gasteiger partial charge in [0, 0.05) is 52.3 Å². The molecule has 1 saturated carbocycles. The Morgan fingerprint density at radius 3 is 2.79 bits per heavy atom. The van der Waals surface area contributed by atoms with E-state index in [1.165, 1.54) is 0 Å². The van der Waals surface area contributed by atoms with Crippen molar-refractivity contribution in [2.75, 3.05) is 5.73 Å². The van der Waals surface area contributed by atoms with E-state index in [2.05, 4.69) is 21.3 Å². The van der Waals surface area contributed by atoms with Crippen LogP contribution in [0.5, 0.6) is 0 Å². The molecule has 0 saturated heterocycles. The molecule has 7 heteroatoms. The van der Waals surface area contributed by atoms with Crippen molar-refractivity contribution >= 4 is 27.6 Å². The summed E-state index contributed by atoms with van der Waals surface area (Å²) in [7, 11) is 0. The average molecular weight is 440 g/mol. The van der Waals surface area contributed by atoms with E-state index in [1.807, 2.05) is 54.3 Å². The highest BCUT2D eigenvalue weighted by Crippen LogP contribution is 2.39. The Bertz CT molecular complexity index is 1470. The van der Waals surface area contributed by atoms with E-state index >= 15 is 0 Å². The van der Waals surface area contributed by atoms with Gasteiger partial charge in [0.2, 0.25) is 0 Å². The molecule has 7 nitrogen and oxygen atoms in total. The fourth-order valence-corrected chi connectivity index (χ4v) is 4.91. The largest absolute Gasteiger partial charge is 0.452 e. The lowest BCUT2D eigenvalue weighted by molar-refractivity contribution is 0.00852. The molecule has 0 amide bonds. The van der Waals surface area contributed by atoms with Gasteiger partial charge in [0.1, 0.15) is 5.76 Å². The summed E-state index contributed by atoms with van der Waals surface area (Å²) >= 11 is 0. The van der Waals surface area contributed by atoms with Gasteiger partial charge in [-0.3, -0.25) is 9.67 Å². The number of furan rings is 1. The minimum absolute atomic E-state index is 0.292. The quantitative estimate of drug-likeness (QED) is 0.393. The van der Waals surface area contributed by atoms with Crippen LogP contribution in [0, 0.1) is 0 Å². The van der Waals surface area contributed by atoms with E-state index in [-0.39, 0.29) is 0 Å². The number of aromatic nitrogens is 4. The Labute approximate surface area is 190 Å². The van der Waals surface area contributed by atoms with Gasteiger partial charge in [-0.05, 0) is 50.1 Å². The zero-order chi connectivity index (χ0) is 22.6. The fourth-order valence-electron chi connectivity index (χ4n) is 4.91. The van der Waals surface area contributed by atoms with Gasteiger partial charge < -0.3 is 15.3 Å². The number of anilines is 1. The molecule has 33 heavy (non-hydrogen) atoms. The van der Waals surface area contributed by atoms with Crippen LogP contribution in [0.15, 0.2) is 65.7 Å². The molecule has 0 aliphatic heterocycles. The first-order valence-electron chi connectivity index (χ1n) is 11.3. The van der Waals surface area contributed by atoms with Gasteiger partial charge in [0.15, 0.2) is 11.4 Å². The summed E-state index contributed by atoms with van der Waals surface area (Å²) in [4.78, 5) is 8.62. The number of pyridine rings is 2. The number of aliphatic hydroxyl groups is 1. The van der Waals surface area contributed by atoms with E-state index < -0.39 is 5.60 Å². The highest BCUT2D eigenvalue weighted by molar-refractivity contribution is 6.03. The molecule has 1 aliphatic rings. The Hall–Kier alpha value is -3.71. The Kier molecular flexibility index (Phi) is 4.48. The summed E-state index contributed by atoms with van der Waals surface area (Å²) in [5.41, 5.74) is 9.10. The predicted molar refractivity (Wildman–Crippen MR) is 129 cm³/mol. The van der Waals surface area contributed by atoms with Crippen LogP contribution in [0.25, 0.3) is 44.2 Å². The van der Waals surface area contributed by atoms with Gasteiger partial charge >= 0.3 is 0 Å². The molecule has 0 atom stereocenters. The van der Waals surface area contributed by atoms with Crippen molar-refractivity contribution in [1.29, 1.82) is 0 Å². The third-order valence-corrected chi connectivity index (χ3v) is 6.85. The molecule has 1 fully saturated rings. The summed E-state index contributed by atoms with van der Waals surface area (Å²) in [5, 5.41) is 17.9. The maximum absolute atomic E-state index is 10.3. The van der Waals surface area contributed by atoms with Gasteiger partial charge in [-0.1, -0.05) is 18.2 Å². The number of fused-ring (bicyclic) bond motifs is 2. The lowest BCUT2D eigenvalue weighted by Gasteiger charge is -2.33. The maximum atomic E-state index is 10.3. The van der Waals surface area contributed by atoms with Crippen LogP contribution in [-0.4, -0.2) is 30.5 Å². The smallest absolute Gasteiger partial charge is 0.177 e. The van der Waals surface area contributed by atoms with Crippen molar-refractivity contribution in [3.05, 3.63) is 61.3 Å². The summed E-state index contributed by atoms with van der Waals surface area (Å²) < 4.78 is 8.26. The third-order valence-electron chi connectivity index (χ3n) is 6.85. The zero-order valence-corrected chi connectivity index (χ0v) is 18.4. The summed E-state index contributed by atoms with van der Waals surface area (Å²) in [6, 6.07) is 10.4. The van der Waals surface area contributed by atoms with Crippen LogP contribution in [0.1, 0.15) is 38.6 Å². The van der Waals surface area contributed by atoms with E-state index in [1.54, 1.807) is 12.4 Å². The minimum atomic E-state index is -0.565. The van der Waals surface area contributed by atoms with Crippen LogP contribution < -0.4 is 5.73 Å². The van der Waals surface area contributed by atoms with Crippen molar-refractivity contribution in [2.45, 2.75) is 44.2 Å². The molecule has 0 radical (unpaired) electrons. The first-order chi connectivity index (χ1) is 16.0. The summed E-state index contributed by atoms with van der Waals surface area (Å²) in [6.07, 6.45) is 12.7. The summed E-state index contributed by atoms with van der Waals surface area (Å²) in [6.45, 7) is 1.91. The highest BCUT2D eigenvalue weighted by Gasteiger charge is 2.30. The van der Waals surface area contributed by atoms with Crippen molar-refractivity contribution < 1.29 is 9.52 Å². The molecule has 4 heterocycles. The topological polar surface area (TPSA) is 103 Å². The molecule has 3 N–H and O–H groups in total. The standard InChI is InChI=1S/C26H25N5O2/c1-26(32)8-5-18(6-9-26)31-15-17(13-30-31)22-14-29-25(27)24-21(22)11-23(33-24)20-4-2-3-16-12-28-10-7-19(16)20/h2-4,7,10-15,18,32H,5-6,8-9H2,1H3,(H2,27,29)/t18-,26+. The Morgan fingerprint density at radius 2 is 1.94 bits per heavy atom. The van der Waals surface area contributed by atoms with Gasteiger partial charge in [-0.2, -0.15) is 5.10 Å². The van der Waals surface area contributed by atoms with Crippen LogP contribution in [0.3, 0.4) is 0 Å². The van der Waals surface area contributed by atoms with Gasteiger partial charge in [-0.25, -0.2) is 4.98 Å². The molecule has 0 spiro atoms. The molecule has 4 aromatic heterocycles. The third kappa shape index (κ3) is 3.45. The van der Waals surface area contributed by atoms with Crippen molar-refractivity contribution in [3.8, 4) is 22.5 Å². The molecular weight excluding hydrogens is 414 g/mol. The molecule has 0 bridgehead atoms. The minimum Gasteiger partial charge on any atom is -0.452 e.